The van der Waals surface area contributed by atoms with Crippen molar-refractivity contribution in [3.63, 3.8) is 0 Å². The molecule has 1 aliphatic rings. The molecule has 0 spiro atoms. The highest BCUT2D eigenvalue weighted by Gasteiger charge is 2.20. The molecule has 1 atom stereocenters. The van der Waals surface area contributed by atoms with Crippen molar-refractivity contribution in [2.45, 2.75) is 34.1 Å². The van der Waals surface area contributed by atoms with Crippen LogP contribution in [-0.4, -0.2) is 24.0 Å². The van der Waals surface area contributed by atoms with Gasteiger partial charge in [-0.05, 0) is 17.8 Å². The minimum Gasteiger partial charge on any atom is -0.365 e. The summed E-state index contributed by atoms with van der Waals surface area (Å²) in [5.41, 5.74) is 0.382. The first-order valence-electron chi connectivity index (χ1n) is 5.41. The maximum atomic E-state index is 4.45. The van der Waals surface area contributed by atoms with Crippen LogP contribution in [0.2, 0.25) is 0 Å². The van der Waals surface area contributed by atoms with E-state index in [0.29, 0.717) is 11.3 Å². The highest BCUT2D eigenvalue weighted by molar-refractivity contribution is 8.13. The molecule has 1 rings (SSSR count). The second-order valence-corrected chi connectivity index (χ2v) is 6.12. The average molecular weight is 214 g/mol. The monoisotopic (exact) mass is 214 g/mol. The summed E-state index contributed by atoms with van der Waals surface area (Å²) in [5, 5.41) is 4.59. The SMILES string of the molecule is CC(CNC1=NCCCS1)C(C)(C)C. The predicted octanol–water partition coefficient (Wildman–Crippen LogP) is 2.75. The number of thioether (sulfide) groups is 1. The van der Waals surface area contributed by atoms with Gasteiger partial charge in [-0.2, -0.15) is 0 Å². The second-order valence-electron chi connectivity index (χ2n) is 5.04. The van der Waals surface area contributed by atoms with Gasteiger partial charge in [-0.15, -0.1) is 0 Å². The highest BCUT2D eigenvalue weighted by atomic mass is 32.2. The summed E-state index contributed by atoms with van der Waals surface area (Å²) in [7, 11) is 0. The number of rotatable bonds is 2. The largest absolute Gasteiger partial charge is 0.365 e. The van der Waals surface area contributed by atoms with Crippen LogP contribution in [0.4, 0.5) is 0 Å². The zero-order chi connectivity index (χ0) is 10.6. The Bertz CT molecular complexity index is 206. The van der Waals surface area contributed by atoms with Crippen molar-refractivity contribution in [2.24, 2.45) is 16.3 Å². The molecule has 0 saturated heterocycles. The minimum atomic E-state index is 0.382. The van der Waals surface area contributed by atoms with Gasteiger partial charge in [-0.1, -0.05) is 39.5 Å². The lowest BCUT2D eigenvalue weighted by Crippen LogP contribution is -2.33. The molecular weight excluding hydrogens is 192 g/mol. The predicted molar refractivity (Wildman–Crippen MR) is 66.0 cm³/mol. The maximum absolute atomic E-state index is 4.45. The first-order valence-corrected chi connectivity index (χ1v) is 6.40. The van der Waals surface area contributed by atoms with Crippen LogP contribution in [0.1, 0.15) is 34.1 Å². The molecule has 0 aromatic rings. The highest BCUT2D eigenvalue weighted by Crippen LogP contribution is 2.24. The zero-order valence-electron chi connectivity index (χ0n) is 9.76. The van der Waals surface area contributed by atoms with E-state index in [1.807, 2.05) is 11.8 Å². The third-order valence-corrected chi connectivity index (χ3v) is 3.87. The maximum Gasteiger partial charge on any atom is 0.156 e. The Labute approximate surface area is 92.0 Å². The summed E-state index contributed by atoms with van der Waals surface area (Å²) < 4.78 is 0. The van der Waals surface area contributed by atoms with Gasteiger partial charge in [0.25, 0.3) is 0 Å². The lowest BCUT2D eigenvalue weighted by Gasteiger charge is -2.28. The Morgan fingerprint density at radius 3 is 2.71 bits per heavy atom. The van der Waals surface area contributed by atoms with Gasteiger partial charge in [0.1, 0.15) is 0 Å². The van der Waals surface area contributed by atoms with E-state index < -0.39 is 0 Å². The van der Waals surface area contributed by atoms with Crippen molar-refractivity contribution in [1.29, 1.82) is 0 Å². The van der Waals surface area contributed by atoms with Gasteiger partial charge in [0, 0.05) is 18.8 Å². The molecule has 0 radical (unpaired) electrons. The van der Waals surface area contributed by atoms with E-state index in [0.717, 1.165) is 18.3 Å². The molecule has 0 saturated carbocycles. The molecule has 0 aliphatic carbocycles. The van der Waals surface area contributed by atoms with Crippen LogP contribution in [0.3, 0.4) is 0 Å². The van der Waals surface area contributed by atoms with Gasteiger partial charge in [0.05, 0.1) is 0 Å². The average Bonchev–Trinajstić information content (AvgIpc) is 2.14. The summed E-state index contributed by atoms with van der Waals surface area (Å²) in [4.78, 5) is 4.45. The quantitative estimate of drug-likeness (QED) is 0.764. The van der Waals surface area contributed by atoms with Crippen molar-refractivity contribution in [3.05, 3.63) is 0 Å². The fourth-order valence-corrected chi connectivity index (χ4v) is 1.95. The lowest BCUT2D eigenvalue weighted by atomic mass is 9.82. The zero-order valence-corrected chi connectivity index (χ0v) is 10.6. The molecule has 0 bridgehead atoms. The van der Waals surface area contributed by atoms with Crippen LogP contribution in [0, 0.1) is 11.3 Å². The minimum absolute atomic E-state index is 0.382. The molecule has 1 aliphatic heterocycles. The second kappa shape index (κ2) is 5.06. The van der Waals surface area contributed by atoms with Crippen molar-refractivity contribution < 1.29 is 0 Å². The van der Waals surface area contributed by atoms with Crippen molar-refractivity contribution in [2.75, 3.05) is 18.8 Å². The van der Waals surface area contributed by atoms with Crippen LogP contribution in [0.5, 0.6) is 0 Å². The Morgan fingerprint density at radius 1 is 1.50 bits per heavy atom. The topological polar surface area (TPSA) is 24.4 Å². The van der Waals surface area contributed by atoms with E-state index in [9.17, 15) is 0 Å². The van der Waals surface area contributed by atoms with Gasteiger partial charge >= 0.3 is 0 Å². The first-order chi connectivity index (χ1) is 6.50. The number of hydrogen-bond acceptors (Lipinski definition) is 3. The Kier molecular flexibility index (Phi) is 4.30. The van der Waals surface area contributed by atoms with Crippen molar-refractivity contribution in [3.8, 4) is 0 Å². The molecule has 0 aromatic carbocycles. The lowest BCUT2D eigenvalue weighted by molar-refractivity contribution is 0.262. The number of amidine groups is 1. The van der Waals surface area contributed by atoms with Crippen LogP contribution in [0.25, 0.3) is 0 Å². The number of hydrogen-bond donors (Lipinski definition) is 1. The molecule has 0 aromatic heterocycles. The van der Waals surface area contributed by atoms with E-state index in [4.69, 9.17) is 0 Å². The van der Waals surface area contributed by atoms with Crippen LogP contribution in [-0.2, 0) is 0 Å². The summed E-state index contributed by atoms with van der Waals surface area (Å²) in [6.07, 6.45) is 1.23. The number of nitrogens with one attached hydrogen (secondary N) is 1. The van der Waals surface area contributed by atoms with Crippen LogP contribution < -0.4 is 5.32 Å². The molecule has 82 valence electrons. The molecule has 0 amide bonds. The van der Waals surface area contributed by atoms with Crippen molar-refractivity contribution >= 4 is 16.9 Å². The van der Waals surface area contributed by atoms with Gasteiger partial charge in [-0.3, -0.25) is 4.99 Å². The summed E-state index contributed by atoms with van der Waals surface area (Å²) in [5.74, 6) is 1.89. The van der Waals surface area contributed by atoms with E-state index >= 15 is 0 Å². The van der Waals surface area contributed by atoms with E-state index in [-0.39, 0.29) is 0 Å². The molecule has 0 fully saturated rings. The fraction of sp³-hybridized carbons (Fsp3) is 0.909. The van der Waals surface area contributed by atoms with Crippen LogP contribution in [0.15, 0.2) is 4.99 Å². The molecule has 1 heterocycles. The van der Waals surface area contributed by atoms with Crippen molar-refractivity contribution in [1.82, 2.24) is 5.32 Å². The van der Waals surface area contributed by atoms with E-state index in [1.54, 1.807) is 0 Å². The Morgan fingerprint density at radius 2 is 2.21 bits per heavy atom. The molecule has 2 nitrogen and oxygen atoms in total. The smallest absolute Gasteiger partial charge is 0.156 e. The summed E-state index contributed by atoms with van der Waals surface area (Å²) >= 11 is 1.85. The van der Waals surface area contributed by atoms with E-state index in [1.165, 1.54) is 12.2 Å². The number of aliphatic imine (C=N–C) groups is 1. The van der Waals surface area contributed by atoms with Gasteiger partial charge in [-0.25, -0.2) is 0 Å². The third-order valence-electron chi connectivity index (χ3n) is 2.83. The molecular formula is C11H22N2S. The fourth-order valence-electron chi connectivity index (χ4n) is 1.11. The third kappa shape index (κ3) is 3.91. The van der Waals surface area contributed by atoms with Gasteiger partial charge in [0.2, 0.25) is 0 Å². The molecule has 1 N–H and O–H groups in total. The summed E-state index contributed by atoms with van der Waals surface area (Å²) in [6.45, 7) is 11.2. The van der Waals surface area contributed by atoms with Gasteiger partial charge < -0.3 is 5.32 Å². The molecule has 1 unspecified atom stereocenters. The van der Waals surface area contributed by atoms with Crippen LogP contribution >= 0.6 is 11.8 Å². The number of nitrogens with zero attached hydrogens (tertiary/aromatic N) is 1. The first kappa shape index (κ1) is 11.9. The normalized spacial score (nSPS) is 20.1. The Hall–Kier alpha value is -0.180. The summed E-state index contributed by atoms with van der Waals surface area (Å²) in [6, 6.07) is 0. The molecule has 3 heteroatoms. The Balaban J connectivity index is 2.29. The van der Waals surface area contributed by atoms with E-state index in [2.05, 4.69) is 38.0 Å². The molecule has 14 heavy (non-hydrogen) atoms. The van der Waals surface area contributed by atoms with Gasteiger partial charge in [0.15, 0.2) is 5.17 Å². The standard InChI is InChI=1S/C11H22N2S/c1-9(11(2,3)4)8-13-10-12-6-5-7-14-10/h9H,5-8H2,1-4H3,(H,12,13).